The van der Waals surface area contributed by atoms with Crippen molar-refractivity contribution < 1.29 is 9.18 Å². The number of aromatic nitrogens is 2. The van der Waals surface area contributed by atoms with E-state index in [2.05, 4.69) is 40.3 Å². The lowest BCUT2D eigenvalue weighted by molar-refractivity contribution is -0.121. The molecule has 0 aliphatic carbocycles. The molecule has 0 aliphatic heterocycles. The molecule has 1 atom stereocenters. The van der Waals surface area contributed by atoms with E-state index in [1.54, 1.807) is 12.1 Å². The lowest BCUT2D eigenvalue weighted by Gasteiger charge is -2.22. The van der Waals surface area contributed by atoms with Crippen molar-refractivity contribution in [2.45, 2.75) is 59.4 Å². The van der Waals surface area contributed by atoms with Gasteiger partial charge in [-0.25, -0.2) is 9.37 Å². The Morgan fingerprint density at radius 1 is 1.21 bits per heavy atom. The molecule has 0 aliphatic rings. The zero-order valence-corrected chi connectivity index (χ0v) is 18.1. The highest BCUT2D eigenvalue weighted by Gasteiger charge is 2.16. The largest absolute Gasteiger partial charge is 0.353 e. The van der Waals surface area contributed by atoms with Crippen LogP contribution in [0.2, 0.25) is 0 Å². The third-order valence-corrected chi connectivity index (χ3v) is 5.60. The maximum absolute atomic E-state index is 13.1. The Hall–Kier alpha value is -2.02. The van der Waals surface area contributed by atoms with E-state index in [9.17, 15) is 9.18 Å². The number of benzene rings is 1. The number of carbonyl (C=O) groups excluding carboxylic acids is 1. The molecule has 1 N–H and O–H groups in total. The minimum atomic E-state index is -0.244. The third kappa shape index (κ3) is 7.19. The number of carbonyl (C=O) groups is 1. The van der Waals surface area contributed by atoms with Crippen molar-refractivity contribution in [3.05, 3.63) is 41.5 Å². The monoisotopic (exact) mass is 406 g/mol. The van der Waals surface area contributed by atoms with Gasteiger partial charge in [0.15, 0.2) is 0 Å². The number of unbranched alkanes of at least 4 members (excludes halogenated alkanes) is 1. The number of amides is 1. The van der Waals surface area contributed by atoms with E-state index in [1.807, 2.05) is 6.92 Å². The van der Waals surface area contributed by atoms with Gasteiger partial charge in [0.2, 0.25) is 11.0 Å². The molecule has 1 heterocycles. The van der Waals surface area contributed by atoms with Crippen LogP contribution in [0.1, 0.15) is 58.3 Å². The van der Waals surface area contributed by atoms with Crippen LogP contribution in [0.25, 0.3) is 0 Å². The number of hydrogen-bond acceptors (Lipinski definition) is 5. The van der Waals surface area contributed by atoms with Crippen LogP contribution in [0.5, 0.6) is 0 Å². The van der Waals surface area contributed by atoms with E-state index in [0.717, 1.165) is 35.9 Å². The quantitative estimate of drug-likeness (QED) is 0.600. The highest BCUT2D eigenvalue weighted by atomic mass is 32.1. The first-order valence-electron chi connectivity index (χ1n) is 10.00. The van der Waals surface area contributed by atoms with E-state index >= 15 is 0 Å². The van der Waals surface area contributed by atoms with Crippen LogP contribution in [0.3, 0.4) is 0 Å². The molecule has 154 valence electrons. The summed E-state index contributed by atoms with van der Waals surface area (Å²) in [5.74, 6) is 0.966. The minimum absolute atomic E-state index is 0.0683. The molecule has 0 unspecified atom stereocenters. The number of nitrogens with zero attached hydrogens (tertiary/aromatic N) is 3. The Morgan fingerprint density at radius 3 is 2.57 bits per heavy atom. The van der Waals surface area contributed by atoms with Gasteiger partial charge in [-0.2, -0.15) is 4.37 Å². The molecule has 0 saturated heterocycles. The maximum atomic E-state index is 13.1. The van der Waals surface area contributed by atoms with Gasteiger partial charge in [0, 0.05) is 43.5 Å². The highest BCUT2D eigenvalue weighted by Crippen LogP contribution is 2.20. The summed E-state index contributed by atoms with van der Waals surface area (Å²) in [4.78, 5) is 19.0. The number of anilines is 1. The Bertz CT molecular complexity index is 732. The Labute approximate surface area is 171 Å². The normalized spacial score (nSPS) is 12.2. The van der Waals surface area contributed by atoms with Crippen LogP contribution in [0.15, 0.2) is 24.3 Å². The molecular formula is C21H31FN4OS. The molecule has 0 radical (unpaired) electrons. The van der Waals surface area contributed by atoms with Crippen LogP contribution in [0.4, 0.5) is 9.52 Å². The number of rotatable bonds is 11. The van der Waals surface area contributed by atoms with Crippen LogP contribution in [-0.4, -0.2) is 34.4 Å². The minimum Gasteiger partial charge on any atom is -0.353 e. The van der Waals surface area contributed by atoms with Crippen LogP contribution >= 0.6 is 11.5 Å². The second-order valence-corrected chi connectivity index (χ2v) is 8.22. The van der Waals surface area contributed by atoms with Crippen molar-refractivity contribution in [1.82, 2.24) is 14.7 Å². The van der Waals surface area contributed by atoms with Gasteiger partial charge < -0.3 is 10.2 Å². The summed E-state index contributed by atoms with van der Waals surface area (Å²) in [6, 6.07) is 6.58. The van der Waals surface area contributed by atoms with Gasteiger partial charge in [0.1, 0.15) is 11.6 Å². The second-order valence-electron chi connectivity index (χ2n) is 7.49. The summed E-state index contributed by atoms with van der Waals surface area (Å²) in [6.45, 7) is 9.86. The van der Waals surface area contributed by atoms with Crippen molar-refractivity contribution in [1.29, 1.82) is 0 Å². The molecule has 7 heteroatoms. The maximum Gasteiger partial charge on any atom is 0.221 e. The predicted octanol–water partition coefficient (Wildman–Crippen LogP) is 4.43. The lowest BCUT2D eigenvalue weighted by Crippen LogP contribution is -2.38. The summed E-state index contributed by atoms with van der Waals surface area (Å²) in [7, 11) is 0. The van der Waals surface area contributed by atoms with E-state index in [4.69, 9.17) is 0 Å². The van der Waals surface area contributed by atoms with Crippen molar-refractivity contribution in [2.24, 2.45) is 5.92 Å². The van der Waals surface area contributed by atoms with Gasteiger partial charge in [-0.1, -0.05) is 39.3 Å². The van der Waals surface area contributed by atoms with E-state index in [0.29, 0.717) is 25.3 Å². The molecular weight excluding hydrogens is 375 g/mol. The van der Waals surface area contributed by atoms with Gasteiger partial charge in [0.25, 0.3) is 0 Å². The van der Waals surface area contributed by atoms with Crippen LogP contribution < -0.4 is 10.2 Å². The second kappa shape index (κ2) is 11.1. The summed E-state index contributed by atoms with van der Waals surface area (Å²) >= 11 is 1.36. The molecule has 2 rings (SSSR count). The molecule has 0 spiro atoms. The summed E-state index contributed by atoms with van der Waals surface area (Å²) in [5, 5.41) is 3.90. The Kier molecular flexibility index (Phi) is 8.83. The first-order chi connectivity index (χ1) is 13.4. The SMILES string of the molecule is CCCCN(CCC(=O)N[C@H](C)C(C)C)c1nc(Cc2ccc(F)cc2)ns1. The molecule has 1 aromatic heterocycles. The van der Waals surface area contributed by atoms with Gasteiger partial charge in [-0.05, 0) is 37.0 Å². The first-order valence-corrected chi connectivity index (χ1v) is 10.8. The summed E-state index contributed by atoms with van der Waals surface area (Å²) < 4.78 is 17.5. The fourth-order valence-corrected chi connectivity index (χ4v) is 3.35. The van der Waals surface area contributed by atoms with Gasteiger partial charge in [-0.15, -0.1) is 0 Å². The zero-order chi connectivity index (χ0) is 20.5. The summed E-state index contributed by atoms with van der Waals surface area (Å²) in [6.07, 6.45) is 3.13. The van der Waals surface area contributed by atoms with Crippen molar-refractivity contribution in [3.63, 3.8) is 0 Å². The zero-order valence-electron chi connectivity index (χ0n) is 17.2. The molecule has 0 bridgehead atoms. The molecule has 2 aromatic rings. The fourth-order valence-electron chi connectivity index (χ4n) is 2.61. The average molecular weight is 407 g/mol. The van der Waals surface area contributed by atoms with E-state index in [1.165, 1.54) is 23.7 Å². The molecule has 1 aromatic carbocycles. The Balaban J connectivity index is 1.97. The Morgan fingerprint density at radius 2 is 1.93 bits per heavy atom. The van der Waals surface area contributed by atoms with Crippen LogP contribution in [0, 0.1) is 11.7 Å². The lowest BCUT2D eigenvalue weighted by atomic mass is 10.1. The predicted molar refractivity (Wildman–Crippen MR) is 113 cm³/mol. The average Bonchev–Trinajstić information content (AvgIpc) is 3.12. The number of hydrogen-bond donors (Lipinski definition) is 1. The van der Waals surface area contributed by atoms with Gasteiger partial charge in [-0.3, -0.25) is 4.79 Å². The van der Waals surface area contributed by atoms with Crippen molar-refractivity contribution in [3.8, 4) is 0 Å². The topological polar surface area (TPSA) is 58.1 Å². The van der Waals surface area contributed by atoms with Gasteiger partial charge in [0.05, 0.1) is 0 Å². The first kappa shape index (κ1) is 22.3. The van der Waals surface area contributed by atoms with Crippen molar-refractivity contribution >= 4 is 22.6 Å². The number of nitrogens with one attached hydrogen (secondary N) is 1. The third-order valence-electron chi connectivity index (χ3n) is 4.78. The van der Waals surface area contributed by atoms with E-state index in [-0.39, 0.29) is 17.8 Å². The standard InChI is InChI=1S/C21H31FN4OS/c1-5-6-12-26(13-11-20(27)23-16(4)15(2)3)21-24-19(25-28-21)14-17-7-9-18(22)10-8-17/h7-10,15-16H,5-6,11-14H2,1-4H3,(H,23,27)/t16-/m1/s1. The van der Waals surface area contributed by atoms with E-state index < -0.39 is 0 Å². The number of halogens is 1. The molecule has 0 fully saturated rings. The molecule has 1 amide bonds. The van der Waals surface area contributed by atoms with Gasteiger partial charge >= 0.3 is 0 Å². The smallest absolute Gasteiger partial charge is 0.221 e. The van der Waals surface area contributed by atoms with Crippen LogP contribution in [-0.2, 0) is 11.2 Å². The molecule has 28 heavy (non-hydrogen) atoms. The van der Waals surface area contributed by atoms with Crippen molar-refractivity contribution in [2.75, 3.05) is 18.0 Å². The molecule has 5 nitrogen and oxygen atoms in total. The highest BCUT2D eigenvalue weighted by molar-refractivity contribution is 7.09. The molecule has 0 saturated carbocycles. The summed E-state index contributed by atoms with van der Waals surface area (Å²) in [5.41, 5.74) is 0.980. The fraction of sp³-hybridized carbons (Fsp3) is 0.571.